The van der Waals surface area contributed by atoms with E-state index in [1.54, 1.807) is 7.11 Å². The van der Waals surface area contributed by atoms with Gasteiger partial charge in [-0.05, 0) is 24.1 Å². The fourth-order valence-corrected chi connectivity index (χ4v) is 4.18. The fraction of sp³-hybridized carbons (Fsp3) is 0.632. The van der Waals surface area contributed by atoms with E-state index in [0.29, 0.717) is 18.1 Å². The van der Waals surface area contributed by atoms with E-state index in [1.807, 2.05) is 19.2 Å². The number of ether oxygens (including phenoxy) is 2. The van der Waals surface area contributed by atoms with Crippen LogP contribution in [0.15, 0.2) is 29.3 Å². The van der Waals surface area contributed by atoms with E-state index in [0.717, 1.165) is 31.3 Å². The summed E-state index contributed by atoms with van der Waals surface area (Å²) in [5, 5.41) is 3.68. The lowest BCUT2D eigenvalue weighted by molar-refractivity contribution is -0.107. The number of aliphatic imine (C=N–C) groups is 1. The molecule has 3 atom stereocenters. The molecule has 1 aromatic carbocycles. The molecule has 5 heteroatoms. The molecule has 1 saturated carbocycles. The van der Waals surface area contributed by atoms with Crippen molar-refractivity contribution in [3.63, 3.8) is 0 Å². The van der Waals surface area contributed by atoms with Crippen molar-refractivity contribution < 1.29 is 9.47 Å². The highest BCUT2D eigenvalue weighted by Crippen LogP contribution is 2.52. The van der Waals surface area contributed by atoms with Crippen LogP contribution in [-0.2, 0) is 11.3 Å². The smallest absolute Gasteiger partial charge is 0.193 e. The first-order chi connectivity index (χ1) is 11.5. The number of nitrogens with one attached hydrogen (secondary N) is 1. The highest BCUT2D eigenvalue weighted by Gasteiger charge is 2.59. The molecule has 0 bridgehead atoms. The number of benzene rings is 1. The molecule has 0 amide bonds. The maximum atomic E-state index is 5.89. The fourth-order valence-electron chi connectivity index (χ4n) is 4.18. The molecule has 0 spiro atoms. The van der Waals surface area contributed by atoms with Crippen LogP contribution < -0.4 is 10.1 Å². The molecule has 24 heavy (non-hydrogen) atoms. The van der Waals surface area contributed by atoms with E-state index < -0.39 is 0 Å². The van der Waals surface area contributed by atoms with Gasteiger partial charge < -0.3 is 19.7 Å². The van der Waals surface area contributed by atoms with Gasteiger partial charge in [0.2, 0.25) is 0 Å². The van der Waals surface area contributed by atoms with Crippen LogP contribution in [0.1, 0.15) is 25.8 Å². The third-order valence-corrected chi connectivity index (χ3v) is 5.54. The molecule has 1 aliphatic heterocycles. The van der Waals surface area contributed by atoms with Gasteiger partial charge in [0.1, 0.15) is 5.75 Å². The predicted molar refractivity (Wildman–Crippen MR) is 96.4 cm³/mol. The minimum Gasteiger partial charge on any atom is -0.497 e. The van der Waals surface area contributed by atoms with Crippen molar-refractivity contribution in [1.82, 2.24) is 10.2 Å². The van der Waals surface area contributed by atoms with Crippen LogP contribution in [0.3, 0.4) is 0 Å². The third kappa shape index (κ3) is 2.97. The van der Waals surface area contributed by atoms with Crippen molar-refractivity contribution in [2.24, 2.45) is 16.3 Å². The first-order valence-corrected chi connectivity index (χ1v) is 8.66. The Kier molecular flexibility index (Phi) is 4.72. The number of nitrogens with zero attached hydrogens (tertiary/aromatic N) is 2. The Morgan fingerprint density at radius 3 is 2.71 bits per heavy atom. The molecular weight excluding hydrogens is 302 g/mol. The topological polar surface area (TPSA) is 46.1 Å². The average Bonchev–Trinajstić information content (AvgIpc) is 3.03. The maximum absolute atomic E-state index is 5.89. The van der Waals surface area contributed by atoms with Gasteiger partial charge in [0.15, 0.2) is 5.96 Å². The highest BCUT2D eigenvalue weighted by atomic mass is 16.5. The maximum Gasteiger partial charge on any atom is 0.193 e. The molecule has 132 valence electrons. The van der Waals surface area contributed by atoms with E-state index in [9.17, 15) is 0 Å². The third-order valence-electron chi connectivity index (χ3n) is 5.54. The van der Waals surface area contributed by atoms with Crippen LogP contribution >= 0.6 is 0 Å². The number of guanidine groups is 1. The zero-order chi connectivity index (χ0) is 17.3. The van der Waals surface area contributed by atoms with Crippen molar-refractivity contribution in [3.8, 4) is 5.75 Å². The second-order valence-corrected chi connectivity index (χ2v) is 7.44. The molecule has 3 rings (SSSR count). The summed E-state index contributed by atoms with van der Waals surface area (Å²) in [5.74, 6) is 2.42. The highest BCUT2D eigenvalue weighted by molar-refractivity contribution is 5.80. The van der Waals surface area contributed by atoms with Crippen molar-refractivity contribution in [2.45, 2.75) is 39.0 Å². The Labute approximate surface area is 145 Å². The summed E-state index contributed by atoms with van der Waals surface area (Å²) in [7, 11) is 5.61. The second kappa shape index (κ2) is 6.63. The number of hydrogen-bond acceptors (Lipinski definition) is 3. The number of methoxy groups -OCH3 is 1. The van der Waals surface area contributed by atoms with Gasteiger partial charge in [-0.2, -0.15) is 0 Å². The van der Waals surface area contributed by atoms with Gasteiger partial charge in [0.05, 0.1) is 13.2 Å². The summed E-state index contributed by atoms with van der Waals surface area (Å²) in [6.45, 7) is 6.26. The van der Waals surface area contributed by atoms with Gasteiger partial charge in [-0.15, -0.1) is 0 Å². The summed E-state index contributed by atoms with van der Waals surface area (Å²) in [5.41, 5.74) is 1.38. The SMILES string of the molecule is CN=C(NC1C2CCOC2C1(C)C)N(C)Cc1ccc(OC)cc1. The van der Waals surface area contributed by atoms with Crippen LogP contribution in [0.2, 0.25) is 0 Å². The summed E-state index contributed by atoms with van der Waals surface area (Å²) < 4.78 is 11.1. The molecule has 2 aliphatic rings. The van der Waals surface area contributed by atoms with Gasteiger partial charge in [-0.25, -0.2) is 0 Å². The molecule has 3 unspecified atom stereocenters. The Balaban J connectivity index is 1.63. The summed E-state index contributed by atoms with van der Waals surface area (Å²) in [4.78, 5) is 6.65. The molecule has 1 N–H and O–H groups in total. The minimum absolute atomic E-state index is 0.151. The van der Waals surface area contributed by atoms with Gasteiger partial charge >= 0.3 is 0 Å². The van der Waals surface area contributed by atoms with Crippen LogP contribution in [0, 0.1) is 11.3 Å². The summed E-state index contributed by atoms with van der Waals surface area (Å²) in [6.07, 6.45) is 1.53. The van der Waals surface area contributed by atoms with E-state index in [4.69, 9.17) is 9.47 Å². The van der Waals surface area contributed by atoms with Gasteiger partial charge in [0.25, 0.3) is 0 Å². The lowest BCUT2D eigenvalue weighted by atomic mass is 9.57. The molecule has 0 aromatic heterocycles. The molecule has 2 fully saturated rings. The number of hydrogen-bond donors (Lipinski definition) is 1. The second-order valence-electron chi connectivity index (χ2n) is 7.44. The molecular formula is C19H29N3O2. The Bertz CT molecular complexity index is 597. The van der Waals surface area contributed by atoms with Crippen LogP contribution in [0.4, 0.5) is 0 Å². The number of rotatable bonds is 4. The van der Waals surface area contributed by atoms with Crippen molar-refractivity contribution in [3.05, 3.63) is 29.8 Å². The Morgan fingerprint density at radius 2 is 2.08 bits per heavy atom. The Hall–Kier alpha value is -1.75. The lowest BCUT2D eigenvalue weighted by Crippen LogP contribution is -2.67. The summed E-state index contributed by atoms with van der Waals surface area (Å²) in [6, 6.07) is 8.60. The minimum atomic E-state index is 0.151. The lowest BCUT2D eigenvalue weighted by Gasteiger charge is -2.55. The molecule has 1 heterocycles. The van der Waals surface area contributed by atoms with Crippen molar-refractivity contribution >= 4 is 5.96 Å². The van der Waals surface area contributed by atoms with E-state index >= 15 is 0 Å². The first kappa shape index (κ1) is 17.1. The Morgan fingerprint density at radius 1 is 1.38 bits per heavy atom. The van der Waals surface area contributed by atoms with Gasteiger partial charge in [0, 0.05) is 44.6 Å². The molecule has 1 aliphatic carbocycles. The summed E-state index contributed by atoms with van der Waals surface area (Å²) >= 11 is 0. The van der Waals surface area contributed by atoms with Crippen molar-refractivity contribution in [2.75, 3.05) is 27.8 Å². The quantitative estimate of drug-likeness (QED) is 0.680. The predicted octanol–water partition coefficient (Wildman–Crippen LogP) is 2.52. The standard InChI is InChI=1S/C19H29N3O2/c1-19(2)16(15-10-11-24-17(15)19)21-18(20-3)22(4)12-13-6-8-14(23-5)9-7-13/h6-9,15-17H,10-12H2,1-5H3,(H,20,21). The molecule has 0 radical (unpaired) electrons. The molecule has 5 nitrogen and oxygen atoms in total. The first-order valence-electron chi connectivity index (χ1n) is 8.66. The molecule has 1 saturated heterocycles. The zero-order valence-corrected chi connectivity index (χ0v) is 15.4. The molecule has 1 aromatic rings. The van der Waals surface area contributed by atoms with E-state index in [2.05, 4.69) is 48.2 Å². The zero-order valence-electron chi connectivity index (χ0n) is 15.4. The normalized spacial score (nSPS) is 28.0. The number of fused-ring (bicyclic) bond motifs is 1. The van der Waals surface area contributed by atoms with Crippen molar-refractivity contribution in [1.29, 1.82) is 0 Å². The van der Waals surface area contributed by atoms with Gasteiger partial charge in [-0.1, -0.05) is 26.0 Å². The van der Waals surface area contributed by atoms with Crippen LogP contribution in [-0.4, -0.2) is 50.8 Å². The monoisotopic (exact) mass is 331 g/mol. The largest absolute Gasteiger partial charge is 0.497 e. The van der Waals surface area contributed by atoms with Crippen LogP contribution in [0.25, 0.3) is 0 Å². The van der Waals surface area contributed by atoms with Crippen LogP contribution in [0.5, 0.6) is 5.75 Å². The van der Waals surface area contributed by atoms with E-state index in [1.165, 1.54) is 5.56 Å². The van der Waals surface area contributed by atoms with Gasteiger partial charge in [-0.3, -0.25) is 4.99 Å². The van der Waals surface area contributed by atoms with E-state index in [-0.39, 0.29) is 5.41 Å². The average molecular weight is 331 g/mol.